The number of hydrogen-bond acceptors (Lipinski definition) is 9. The van der Waals surface area contributed by atoms with Gasteiger partial charge in [0.25, 0.3) is 0 Å². The fourth-order valence-corrected chi connectivity index (χ4v) is 44.4. The second-order valence-corrected chi connectivity index (χ2v) is 56.1. The molecule has 0 aliphatic carbocycles. The van der Waals surface area contributed by atoms with Gasteiger partial charge in [0.1, 0.15) is 0 Å². The topological polar surface area (TPSA) is 83.1 Å². The minimum Gasteiger partial charge on any atom is -0.417 e. The molecule has 0 aromatic rings. The molecule has 0 aliphatic rings. The smallest absolute Gasteiger partial charge is 0.417 e. The van der Waals surface area contributed by atoms with Crippen molar-refractivity contribution in [1.29, 1.82) is 0 Å². The minimum absolute atomic E-state index is 0. The average molecular weight is 844 g/mol. The van der Waals surface area contributed by atoms with Gasteiger partial charge in [-0.1, -0.05) is 0 Å². The first-order chi connectivity index (χ1) is 17.4. The molecule has 0 bridgehead atoms. The Bertz CT molecular complexity index is 689. The van der Waals surface area contributed by atoms with Crippen LogP contribution in [0.4, 0.5) is 0 Å². The monoisotopic (exact) mass is 842 g/mol. The van der Waals surface area contributed by atoms with Crippen LogP contribution in [0.3, 0.4) is 0 Å². The van der Waals surface area contributed by atoms with Crippen LogP contribution in [0.1, 0.15) is 0 Å². The van der Waals surface area contributed by atoms with Gasteiger partial charge in [0.15, 0.2) is 49.9 Å². The molecule has 20 heteroatoms. The molecule has 0 saturated carbocycles. The van der Waals surface area contributed by atoms with E-state index < -0.39 is 85.1 Å². The Kier molecular flexibility index (Phi) is 17.5. The molecule has 9 nitrogen and oxygen atoms in total. The molecular weight excluding hydrogens is 778 g/mol. The Morgan fingerprint density at radius 3 is 0.476 bits per heavy atom. The molecule has 0 saturated heterocycles. The molecule has 0 rings (SSSR count). The van der Waals surface area contributed by atoms with Crippen molar-refractivity contribution in [3.63, 3.8) is 0 Å². The standard InChI is InChI=1S/C22H65O9Si10.Y/c1-32(2,3)23-38(19,24-33(4,5)6)29-41(22,30-39(20,25-34(7,8)9)26-35(10,11)12)31-40(21,27-36(13,14)15)28-37(16,17)18;/h22H2,1-21H3;/q-1;. The van der Waals surface area contributed by atoms with Gasteiger partial charge in [0.2, 0.25) is 0 Å². The van der Waals surface area contributed by atoms with Gasteiger partial charge in [-0.2, -0.15) is 0 Å². The summed E-state index contributed by atoms with van der Waals surface area (Å²) < 4.78 is 61.4. The average Bonchev–Trinajstić information content (AvgIpc) is 2.37. The number of rotatable bonds is 18. The second kappa shape index (κ2) is 15.6. The summed E-state index contributed by atoms with van der Waals surface area (Å²) in [5.41, 5.74) is 0. The first kappa shape index (κ1) is 47.0. The van der Waals surface area contributed by atoms with E-state index in [2.05, 4.69) is 124 Å². The fraction of sp³-hybridized carbons (Fsp3) is 0.955. The van der Waals surface area contributed by atoms with Gasteiger partial charge < -0.3 is 37.0 Å². The van der Waals surface area contributed by atoms with Gasteiger partial charge >= 0.3 is 35.2 Å². The molecule has 0 spiro atoms. The summed E-state index contributed by atoms with van der Waals surface area (Å²) in [5.74, 6) is 0. The summed E-state index contributed by atoms with van der Waals surface area (Å²) in [5, 5.41) is 0. The number of hydrogen-bond donors (Lipinski definition) is 0. The van der Waals surface area contributed by atoms with Gasteiger partial charge in [0.05, 0.1) is 0 Å². The van der Waals surface area contributed by atoms with Crippen molar-refractivity contribution < 1.29 is 69.7 Å². The van der Waals surface area contributed by atoms with Crippen LogP contribution in [0, 0.1) is 6.55 Å². The molecule has 0 fully saturated rings. The van der Waals surface area contributed by atoms with Crippen molar-refractivity contribution in [1.82, 2.24) is 0 Å². The summed E-state index contributed by atoms with van der Waals surface area (Å²) in [7, 11) is -26.7. The van der Waals surface area contributed by atoms with Crippen LogP contribution >= 0.6 is 0 Å². The first-order valence-corrected chi connectivity index (χ1v) is 43.6. The van der Waals surface area contributed by atoms with Crippen molar-refractivity contribution in [2.45, 2.75) is 137 Å². The van der Waals surface area contributed by atoms with E-state index in [0.717, 1.165) is 0 Å². The van der Waals surface area contributed by atoms with E-state index >= 15 is 0 Å². The predicted octanol–water partition coefficient (Wildman–Crippen LogP) is 8.16. The summed E-state index contributed by atoms with van der Waals surface area (Å²) >= 11 is 0. The third kappa shape index (κ3) is 23.3. The van der Waals surface area contributed by atoms with Gasteiger partial charge in [-0.15, -0.1) is 0 Å². The van der Waals surface area contributed by atoms with Crippen molar-refractivity contribution in [3.8, 4) is 0 Å². The predicted molar refractivity (Wildman–Crippen MR) is 196 cm³/mol. The van der Waals surface area contributed by atoms with Crippen LogP contribution < -0.4 is 0 Å². The van der Waals surface area contributed by atoms with Crippen LogP contribution in [-0.4, -0.2) is 85.1 Å². The molecule has 251 valence electrons. The molecule has 0 aliphatic heterocycles. The Morgan fingerprint density at radius 2 is 0.381 bits per heavy atom. The normalized spacial score (nSPS) is 15.6. The quantitative estimate of drug-likeness (QED) is 0.100. The maximum atomic E-state index is 6.99. The van der Waals surface area contributed by atoms with E-state index in [0.29, 0.717) is 0 Å². The third-order valence-corrected chi connectivity index (χ3v) is 35.7. The van der Waals surface area contributed by atoms with Gasteiger partial charge in [-0.05, 0) is 118 Å². The van der Waals surface area contributed by atoms with E-state index in [4.69, 9.17) is 37.0 Å². The van der Waals surface area contributed by atoms with E-state index in [-0.39, 0.29) is 32.7 Å². The largest absolute Gasteiger partial charge is 0.467 e. The Balaban J connectivity index is 0. The maximum Gasteiger partial charge on any atom is 0.467 e. The zero-order valence-electron chi connectivity index (χ0n) is 31.0. The van der Waals surface area contributed by atoms with Crippen LogP contribution in [0.2, 0.25) is 137 Å². The van der Waals surface area contributed by atoms with Gasteiger partial charge in [-0.3, -0.25) is 6.55 Å². The minimum atomic E-state index is -3.94. The van der Waals surface area contributed by atoms with Crippen LogP contribution in [-0.2, 0) is 69.7 Å². The molecule has 0 amide bonds. The van der Waals surface area contributed by atoms with Crippen molar-refractivity contribution >= 4 is 85.1 Å². The molecular formula is C22H65O9Si10Y-. The molecule has 0 N–H and O–H groups in total. The zero-order chi connectivity index (χ0) is 33.4. The molecule has 0 atom stereocenters. The van der Waals surface area contributed by atoms with Gasteiger partial charge in [0, 0.05) is 52.4 Å². The van der Waals surface area contributed by atoms with Gasteiger partial charge in [-0.25, -0.2) is 0 Å². The van der Waals surface area contributed by atoms with E-state index in [1.807, 2.05) is 19.6 Å². The van der Waals surface area contributed by atoms with Crippen molar-refractivity contribution in [2.24, 2.45) is 0 Å². The molecule has 42 heavy (non-hydrogen) atoms. The molecule has 0 heterocycles. The fourth-order valence-electron chi connectivity index (χ4n) is 4.43. The van der Waals surface area contributed by atoms with Crippen LogP contribution in [0.15, 0.2) is 0 Å². The zero-order valence-corrected chi connectivity index (χ0v) is 43.8. The van der Waals surface area contributed by atoms with Crippen LogP contribution in [0.5, 0.6) is 0 Å². The second-order valence-electron chi connectivity index (χ2n) is 16.9. The van der Waals surface area contributed by atoms with E-state index in [1.54, 1.807) is 0 Å². The summed E-state index contributed by atoms with van der Waals surface area (Å²) in [6.07, 6.45) is 0. The molecule has 1 radical (unpaired) electrons. The molecule has 0 unspecified atom stereocenters. The third-order valence-electron chi connectivity index (χ3n) is 3.97. The molecule has 0 aromatic carbocycles. The maximum absolute atomic E-state index is 6.99. The summed E-state index contributed by atoms with van der Waals surface area (Å²) in [6, 6.07) is 0. The Hall–Kier alpha value is 2.91. The summed E-state index contributed by atoms with van der Waals surface area (Å²) in [4.78, 5) is 0. The summed E-state index contributed by atoms with van der Waals surface area (Å²) in [6.45, 7) is 48.8. The van der Waals surface area contributed by atoms with E-state index in [1.165, 1.54) is 0 Å². The Labute approximate surface area is 296 Å². The van der Waals surface area contributed by atoms with E-state index in [9.17, 15) is 0 Å². The first-order valence-electron chi connectivity index (χ1n) is 14.5. The molecule has 0 aromatic heterocycles. The van der Waals surface area contributed by atoms with Crippen LogP contribution in [0.25, 0.3) is 0 Å². The SMILES string of the molecule is [CH2-][Si](O[Si](C)(O[Si](C)(C)C)O[Si](C)(C)C)(O[Si](C)(O[Si](C)(C)C)O[Si](C)(C)C)O[Si](C)(O[Si](C)(C)C)O[Si](C)(C)C.[Y]. The van der Waals surface area contributed by atoms with Crippen molar-refractivity contribution in [3.05, 3.63) is 6.55 Å². The van der Waals surface area contributed by atoms with Crippen molar-refractivity contribution in [2.75, 3.05) is 0 Å². The Morgan fingerprint density at radius 1 is 0.262 bits per heavy atom.